The van der Waals surface area contributed by atoms with E-state index in [2.05, 4.69) is 9.43 Å². The van der Waals surface area contributed by atoms with Gasteiger partial charge in [0.1, 0.15) is 0 Å². The van der Waals surface area contributed by atoms with E-state index in [1.807, 2.05) is 0 Å². The molecular formula is CN4OS. The second kappa shape index (κ2) is 3.15. The van der Waals surface area contributed by atoms with Crippen molar-refractivity contribution in [3.8, 4) is 5.40 Å². The Bertz CT molecular complexity index is 161. The summed E-state index contributed by atoms with van der Waals surface area (Å²) in [5.74, 6) is 0. The number of nitrogens with zero attached hydrogens (tertiary/aromatic N) is 4. The predicted molar refractivity (Wildman–Crippen MR) is 22.9 cm³/mol. The quantitative estimate of drug-likeness (QED) is 0.215. The molecule has 6 heteroatoms. The molecule has 0 N–H and O–H groups in total. The van der Waals surface area contributed by atoms with Gasteiger partial charge in [-0.15, -0.1) is 0 Å². The SMILES string of the molecule is N#CS(=O)N=[N+]=[N-]. The van der Waals surface area contributed by atoms with Crippen molar-refractivity contribution in [1.82, 2.24) is 0 Å². The van der Waals surface area contributed by atoms with Crippen molar-refractivity contribution in [2.45, 2.75) is 0 Å². The monoisotopic (exact) mass is 116 g/mol. The number of hydrogen-bond acceptors (Lipinski definition) is 2. The molecule has 0 fully saturated rings. The summed E-state index contributed by atoms with van der Waals surface area (Å²) in [4.78, 5) is 2.11. The first kappa shape index (κ1) is 5.95. The Morgan fingerprint density at radius 3 is 2.71 bits per heavy atom. The second-order valence-corrected chi connectivity index (χ2v) is 1.36. The molecule has 1 unspecified atom stereocenters. The predicted octanol–water partition coefficient (Wildman–Crippen LogP) is 0.441. The van der Waals surface area contributed by atoms with Crippen LogP contribution in [0.2, 0.25) is 0 Å². The summed E-state index contributed by atoms with van der Waals surface area (Å²) in [5, 5.41) is 8.87. The van der Waals surface area contributed by atoms with E-state index in [-0.39, 0.29) is 0 Å². The molecule has 0 spiro atoms. The zero-order chi connectivity index (χ0) is 5.70. The third kappa shape index (κ3) is 2.76. The van der Waals surface area contributed by atoms with Crippen LogP contribution in [0.4, 0.5) is 0 Å². The smallest absolute Gasteiger partial charge is 0.216 e. The van der Waals surface area contributed by atoms with E-state index in [0.717, 1.165) is 0 Å². The summed E-state index contributed by atoms with van der Waals surface area (Å²) in [6.07, 6.45) is 0. The van der Waals surface area contributed by atoms with E-state index in [1.54, 1.807) is 0 Å². The Morgan fingerprint density at radius 2 is 2.57 bits per heavy atom. The first-order valence-electron chi connectivity index (χ1n) is 1.18. The van der Waals surface area contributed by atoms with E-state index < -0.39 is 11.0 Å². The van der Waals surface area contributed by atoms with E-state index >= 15 is 0 Å². The van der Waals surface area contributed by atoms with Crippen molar-refractivity contribution in [1.29, 1.82) is 5.26 Å². The molecule has 0 heterocycles. The Morgan fingerprint density at radius 1 is 2.00 bits per heavy atom. The third-order valence-electron chi connectivity index (χ3n) is 0.189. The minimum atomic E-state index is -2.01. The number of nitriles is 1. The normalized spacial score (nSPS) is 10.7. The molecule has 7 heavy (non-hydrogen) atoms. The molecule has 0 bridgehead atoms. The van der Waals surface area contributed by atoms with Crippen LogP contribution in [0.5, 0.6) is 0 Å². The molecule has 36 valence electrons. The van der Waals surface area contributed by atoms with Crippen molar-refractivity contribution in [2.24, 2.45) is 4.52 Å². The number of hydrogen-bond donors (Lipinski definition) is 0. The van der Waals surface area contributed by atoms with Crippen LogP contribution >= 0.6 is 0 Å². The average Bonchev–Trinajstić information content (AvgIpc) is 1.68. The molecule has 0 aliphatic carbocycles. The molecule has 0 rings (SSSR count). The highest BCUT2D eigenvalue weighted by atomic mass is 32.2. The summed E-state index contributed by atoms with van der Waals surface area (Å²) in [7, 11) is -2.01. The maximum Gasteiger partial charge on any atom is 0.216 e. The van der Waals surface area contributed by atoms with Crippen LogP contribution in [-0.4, -0.2) is 4.21 Å². The Labute approximate surface area is 41.8 Å². The van der Waals surface area contributed by atoms with Gasteiger partial charge in [-0.1, -0.05) is 0 Å². The minimum Gasteiger partial charge on any atom is -0.236 e. The number of thiocyanates is 1. The summed E-state index contributed by atoms with van der Waals surface area (Å²) >= 11 is 0. The number of rotatable bonds is 1. The molecular weight excluding hydrogens is 116 g/mol. The fourth-order valence-electron chi connectivity index (χ4n) is 0.0514. The zero-order valence-electron chi connectivity index (χ0n) is 3.11. The Balaban J connectivity index is 3.91. The highest BCUT2D eigenvalue weighted by molar-refractivity contribution is 7.88. The Hall–Kier alpha value is -1.05. The van der Waals surface area contributed by atoms with Crippen LogP contribution in [-0.2, 0) is 11.0 Å². The molecule has 0 aromatic heterocycles. The van der Waals surface area contributed by atoms with Gasteiger partial charge in [0.2, 0.25) is 11.0 Å². The van der Waals surface area contributed by atoms with Crippen molar-refractivity contribution in [2.75, 3.05) is 0 Å². The molecule has 0 aliphatic heterocycles. The summed E-state index contributed by atoms with van der Waals surface area (Å²) in [6, 6.07) is 0. The van der Waals surface area contributed by atoms with Crippen LogP contribution in [0.1, 0.15) is 0 Å². The van der Waals surface area contributed by atoms with Gasteiger partial charge in [-0.3, -0.25) is 0 Å². The number of azide groups is 1. The molecule has 5 nitrogen and oxygen atoms in total. The maximum absolute atomic E-state index is 9.74. The Kier molecular flexibility index (Phi) is 2.68. The van der Waals surface area contributed by atoms with Crippen LogP contribution in [0, 0.1) is 10.7 Å². The summed E-state index contributed by atoms with van der Waals surface area (Å²) < 4.78 is 12.3. The summed E-state index contributed by atoms with van der Waals surface area (Å²) in [6.45, 7) is 0. The largest absolute Gasteiger partial charge is 0.236 e. The van der Waals surface area contributed by atoms with Gasteiger partial charge in [-0.2, -0.15) is 5.26 Å². The lowest BCUT2D eigenvalue weighted by atomic mass is 11.8. The van der Waals surface area contributed by atoms with Gasteiger partial charge in [0, 0.05) is 9.43 Å². The maximum atomic E-state index is 9.74. The van der Waals surface area contributed by atoms with Gasteiger partial charge in [0.25, 0.3) is 0 Å². The lowest BCUT2D eigenvalue weighted by molar-refractivity contribution is 0.690. The average molecular weight is 116 g/mol. The van der Waals surface area contributed by atoms with Crippen molar-refractivity contribution in [3.05, 3.63) is 10.4 Å². The lowest BCUT2D eigenvalue weighted by Crippen LogP contribution is -1.68. The van der Waals surface area contributed by atoms with Crippen LogP contribution in [0.3, 0.4) is 0 Å². The molecule has 0 amide bonds. The molecule has 0 saturated carbocycles. The molecule has 0 aromatic rings. The molecule has 0 aliphatic rings. The van der Waals surface area contributed by atoms with Crippen LogP contribution < -0.4 is 0 Å². The molecule has 1 atom stereocenters. The fourth-order valence-corrected chi connectivity index (χ4v) is 0.154. The van der Waals surface area contributed by atoms with Crippen molar-refractivity contribution >= 4 is 11.0 Å². The van der Waals surface area contributed by atoms with Gasteiger partial charge in [0.15, 0.2) is 5.40 Å². The molecule has 0 radical (unpaired) electrons. The molecule has 0 saturated heterocycles. The summed E-state index contributed by atoms with van der Waals surface area (Å²) in [5.41, 5.74) is 7.48. The van der Waals surface area contributed by atoms with E-state index in [0.29, 0.717) is 0 Å². The zero-order valence-corrected chi connectivity index (χ0v) is 3.92. The van der Waals surface area contributed by atoms with Crippen LogP contribution in [0.25, 0.3) is 10.4 Å². The van der Waals surface area contributed by atoms with Gasteiger partial charge >= 0.3 is 0 Å². The van der Waals surface area contributed by atoms with Gasteiger partial charge in [0.05, 0.1) is 0 Å². The van der Waals surface area contributed by atoms with E-state index in [4.69, 9.17) is 10.8 Å². The fraction of sp³-hybridized carbons (Fsp3) is 0. The second-order valence-electron chi connectivity index (χ2n) is 0.512. The highest BCUT2D eigenvalue weighted by Crippen LogP contribution is 1.76. The molecule has 0 aromatic carbocycles. The minimum absolute atomic E-state index is 1.22. The third-order valence-corrected chi connectivity index (χ3v) is 0.566. The van der Waals surface area contributed by atoms with Gasteiger partial charge < -0.3 is 0 Å². The van der Waals surface area contributed by atoms with Crippen LogP contribution in [0.15, 0.2) is 4.52 Å². The van der Waals surface area contributed by atoms with Crippen molar-refractivity contribution in [3.63, 3.8) is 0 Å². The van der Waals surface area contributed by atoms with E-state index in [1.165, 1.54) is 5.40 Å². The van der Waals surface area contributed by atoms with E-state index in [9.17, 15) is 4.21 Å². The van der Waals surface area contributed by atoms with Gasteiger partial charge in [-0.05, 0) is 5.53 Å². The topological polar surface area (TPSA) is 89.6 Å². The first-order chi connectivity index (χ1) is 3.31. The standard InChI is InChI=1S/CN4OS/c2-1-7(6)5-4-3. The highest BCUT2D eigenvalue weighted by Gasteiger charge is 1.82. The van der Waals surface area contributed by atoms with Crippen molar-refractivity contribution < 1.29 is 4.21 Å². The van der Waals surface area contributed by atoms with Gasteiger partial charge in [-0.25, -0.2) is 4.21 Å². The first-order valence-corrected chi connectivity index (χ1v) is 2.28. The lowest BCUT2D eigenvalue weighted by Gasteiger charge is -1.60.